The van der Waals surface area contributed by atoms with Crippen LogP contribution < -0.4 is 5.73 Å². The third-order valence-electron chi connectivity index (χ3n) is 1.90. The Labute approximate surface area is 80.6 Å². The van der Waals surface area contributed by atoms with Gasteiger partial charge in [-0.1, -0.05) is 0 Å². The van der Waals surface area contributed by atoms with Crippen molar-refractivity contribution in [3.05, 3.63) is 15.6 Å². The molecule has 0 saturated heterocycles. The number of nitrogens with two attached hydrogens (primary N) is 1. The topological polar surface area (TPSA) is 38.9 Å². The quantitative estimate of drug-likeness (QED) is 0.753. The first-order valence-corrected chi connectivity index (χ1v) is 6.06. The van der Waals surface area contributed by atoms with Crippen molar-refractivity contribution in [2.75, 3.05) is 5.75 Å². The van der Waals surface area contributed by atoms with Crippen LogP contribution in [-0.2, 0) is 12.2 Å². The predicted octanol–water partition coefficient (Wildman–Crippen LogP) is 1.95. The molecule has 0 aromatic carbocycles. The molecule has 0 amide bonds. The second kappa shape index (κ2) is 3.36. The van der Waals surface area contributed by atoms with E-state index in [1.807, 2.05) is 18.7 Å². The standard InChI is InChI=1S/C8H12N2S2/c1-5(9)8-10-6-4-11-3-2-7(6)12-8/h5H,2-4,9H2,1H3. The van der Waals surface area contributed by atoms with Crippen molar-refractivity contribution in [3.8, 4) is 0 Å². The second-order valence-electron chi connectivity index (χ2n) is 3.01. The Morgan fingerprint density at radius 1 is 1.58 bits per heavy atom. The summed E-state index contributed by atoms with van der Waals surface area (Å²) < 4.78 is 0. The van der Waals surface area contributed by atoms with Crippen LogP contribution in [0.2, 0.25) is 0 Å². The first-order chi connectivity index (χ1) is 5.77. The molecule has 2 heterocycles. The van der Waals surface area contributed by atoms with E-state index in [2.05, 4.69) is 4.98 Å². The van der Waals surface area contributed by atoms with Crippen molar-refractivity contribution in [2.45, 2.75) is 25.1 Å². The van der Waals surface area contributed by atoms with Gasteiger partial charge in [0, 0.05) is 10.6 Å². The smallest absolute Gasteiger partial charge is 0.110 e. The first-order valence-electron chi connectivity index (χ1n) is 4.09. The molecule has 2 rings (SSSR count). The van der Waals surface area contributed by atoms with E-state index in [1.54, 1.807) is 11.3 Å². The second-order valence-corrected chi connectivity index (χ2v) is 5.23. The third kappa shape index (κ3) is 1.51. The number of aromatic nitrogens is 1. The maximum Gasteiger partial charge on any atom is 0.110 e. The minimum atomic E-state index is 0.102. The highest BCUT2D eigenvalue weighted by atomic mass is 32.2. The van der Waals surface area contributed by atoms with Crippen molar-refractivity contribution in [2.24, 2.45) is 5.73 Å². The van der Waals surface area contributed by atoms with Gasteiger partial charge < -0.3 is 5.73 Å². The van der Waals surface area contributed by atoms with E-state index in [9.17, 15) is 0 Å². The van der Waals surface area contributed by atoms with Gasteiger partial charge in [-0.3, -0.25) is 0 Å². The highest BCUT2D eigenvalue weighted by Gasteiger charge is 2.16. The summed E-state index contributed by atoms with van der Waals surface area (Å²) in [5.41, 5.74) is 7.05. The summed E-state index contributed by atoms with van der Waals surface area (Å²) in [4.78, 5) is 5.98. The summed E-state index contributed by atoms with van der Waals surface area (Å²) in [6, 6.07) is 0.102. The number of fused-ring (bicyclic) bond motifs is 1. The molecule has 12 heavy (non-hydrogen) atoms. The van der Waals surface area contributed by atoms with E-state index in [1.165, 1.54) is 22.7 Å². The number of hydrogen-bond acceptors (Lipinski definition) is 4. The van der Waals surface area contributed by atoms with Gasteiger partial charge in [0.1, 0.15) is 5.01 Å². The predicted molar refractivity (Wildman–Crippen MR) is 54.6 cm³/mol. The molecule has 0 aliphatic carbocycles. The fraction of sp³-hybridized carbons (Fsp3) is 0.625. The molecule has 2 nitrogen and oxygen atoms in total. The van der Waals surface area contributed by atoms with Crippen LogP contribution in [0.5, 0.6) is 0 Å². The molecule has 1 aromatic rings. The average molecular weight is 200 g/mol. The average Bonchev–Trinajstić information content (AvgIpc) is 2.46. The number of nitrogens with zero attached hydrogens (tertiary/aromatic N) is 1. The van der Waals surface area contributed by atoms with E-state index < -0.39 is 0 Å². The van der Waals surface area contributed by atoms with E-state index in [0.29, 0.717) is 0 Å². The Balaban J connectivity index is 2.32. The number of thiazole rings is 1. The lowest BCUT2D eigenvalue weighted by molar-refractivity contribution is 0.801. The van der Waals surface area contributed by atoms with Crippen LogP contribution in [0.1, 0.15) is 28.5 Å². The molecular formula is C8H12N2S2. The molecule has 2 N–H and O–H groups in total. The van der Waals surface area contributed by atoms with Gasteiger partial charge in [0.15, 0.2) is 0 Å². The monoisotopic (exact) mass is 200 g/mol. The Kier molecular flexibility index (Phi) is 2.39. The van der Waals surface area contributed by atoms with Gasteiger partial charge >= 0.3 is 0 Å². The van der Waals surface area contributed by atoms with Crippen molar-refractivity contribution in [3.63, 3.8) is 0 Å². The van der Waals surface area contributed by atoms with Crippen molar-refractivity contribution in [1.82, 2.24) is 4.98 Å². The molecule has 1 aromatic heterocycles. The fourth-order valence-corrected chi connectivity index (χ4v) is 3.42. The van der Waals surface area contributed by atoms with Gasteiger partial charge in [0.25, 0.3) is 0 Å². The minimum Gasteiger partial charge on any atom is -0.322 e. The summed E-state index contributed by atoms with van der Waals surface area (Å²) in [5.74, 6) is 2.33. The zero-order valence-electron chi connectivity index (χ0n) is 7.04. The summed E-state index contributed by atoms with van der Waals surface area (Å²) in [6.07, 6.45) is 1.18. The van der Waals surface area contributed by atoms with Gasteiger partial charge in [-0.25, -0.2) is 4.98 Å². The number of thioether (sulfide) groups is 1. The van der Waals surface area contributed by atoms with Crippen LogP contribution in [0.4, 0.5) is 0 Å². The van der Waals surface area contributed by atoms with E-state index in [4.69, 9.17) is 5.73 Å². The lowest BCUT2D eigenvalue weighted by Gasteiger charge is -2.06. The molecule has 1 aliphatic rings. The van der Waals surface area contributed by atoms with Crippen LogP contribution in [0, 0.1) is 0 Å². The number of aryl methyl sites for hydroxylation is 1. The molecule has 1 aliphatic heterocycles. The molecule has 4 heteroatoms. The lowest BCUT2D eigenvalue weighted by Crippen LogP contribution is -2.04. The van der Waals surface area contributed by atoms with Gasteiger partial charge in [-0.15, -0.1) is 11.3 Å². The van der Waals surface area contributed by atoms with Gasteiger partial charge in [0.05, 0.1) is 11.7 Å². The molecule has 66 valence electrons. The summed E-state index contributed by atoms with van der Waals surface area (Å²) in [5, 5.41) is 1.10. The molecular weight excluding hydrogens is 188 g/mol. The molecule has 1 unspecified atom stereocenters. The molecule has 0 saturated carbocycles. The normalized spacial score (nSPS) is 18.8. The molecule has 0 fully saturated rings. The Morgan fingerprint density at radius 3 is 3.08 bits per heavy atom. The highest BCUT2D eigenvalue weighted by Crippen LogP contribution is 2.30. The SMILES string of the molecule is CC(N)c1nc2c(s1)CCSC2. The van der Waals surface area contributed by atoms with Gasteiger partial charge in [0.2, 0.25) is 0 Å². The molecule has 0 bridgehead atoms. The molecule has 1 atom stereocenters. The van der Waals surface area contributed by atoms with E-state index in [-0.39, 0.29) is 6.04 Å². The lowest BCUT2D eigenvalue weighted by atomic mass is 10.3. The Bertz CT molecular complexity index is 257. The Morgan fingerprint density at radius 2 is 2.42 bits per heavy atom. The van der Waals surface area contributed by atoms with Gasteiger partial charge in [-0.05, 0) is 19.1 Å². The largest absolute Gasteiger partial charge is 0.322 e. The highest BCUT2D eigenvalue weighted by molar-refractivity contribution is 7.98. The summed E-state index contributed by atoms with van der Waals surface area (Å²) >= 11 is 3.76. The maximum absolute atomic E-state index is 5.77. The van der Waals surface area contributed by atoms with E-state index >= 15 is 0 Å². The van der Waals surface area contributed by atoms with Crippen LogP contribution in [-0.4, -0.2) is 10.7 Å². The van der Waals surface area contributed by atoms with Crippen LogP contribution in [0.25, 0.3) is 0 Å². The van der Waals surface area contributed by atoms with Crippen molar-refractivity contribution < 1.29 is 0 Å². The van der Waals surface area contributed by atoms with E-state index in [0.717, 1.165) is 10.8 Å². The minimum absolute atomic E-state index is 0.102. The first kappa shape index (κ1) is 8.53. The van der Waals surface area contributed by atoms with Crippen molar-refractivity contribution in [1.29, 1.82) is 0 Å². The number of rotatable bonds is 1. The zero-order chi connectivity index (χ0) is 8.55. The van der Waals surface area contributed by atoms with Crippen LogP contribution in [0.15, 0.2) is 0 Å². The van der Waals surface area contributed by atoms with Crippen LogP contribution >= 0.6 is 23.1 Å². The fourth-order valence-electron chi connectivity index (χ4n) is 1.24. The van der Waals surface area contributed by atoms with Gasteiger partial charge in [-0.2, -0.15) is 11.8 Å². The Hall–Kier alpha value is -0.0600. The third-order valence-corrected chi connectivity index (χ3v) is 4.23. The molecule has 0 radical (unpaired) electrons. The number of hydrogen-bond donors (Lipinski definition) is 1. The summed E-state index contributed by atoms with van der Waals surface area (Å²) in [7, 11) is 0. The maximum atomic E-state index is 5.77. The molecule has 0 spiro atoms. The van der Waals surface area contributed by atoms with Crippen molar-refractivity contribution >= 4 is 23.1 Å². The zero-order valence-corrected chi connectivity index (χ0v) is 8.67. The summed E-state index contributed by atoms with van der Waals surface area (Å²) in [6.45, 7) is 2.00. The van der Waals surface area contributed by atoms with Crippen LogP contribution in [0.3, 0.4) is 0 Å².